The number of hydrogen-bond acceptors (Lipinski definition) is 2. The lowest BCUT2D eigenvalue weighted by atomic mass is 9.99. The van der Waals surface area contributed by atoms with Gasteiger partial charge in [0, 0.05) is 18.2 Å². The Bertz CT molecular complexity index is 487. The fraction of sp³-hybridized carbons (Fsp3) is 0.529. The molecule has 0 bridgehead atoms. The second-order valence-electron chi connectivity index (χ2n) is 5.65. The van der Waals surface area contributed by atoms with Crippen molar-refractivity contribution in [3.05, 3.63) is 35.9 Å². The topological polar surface area (TPSA) is 49.4 Å². The Morgan fingerprint density at radius 3 is 2.67 bits per heavy atom. The molecule has 1 aromatic rings. The van der Waals surface area contributed by atoms with Crippen molar-refractivity contribution < 1.29 is 9.59 Å². The zero-order chi connectivity index (χ0) is 15.2. The molecule has 1 aliphatic rings. The summed E-state index contributed by atoms with van der Waals surface area (Å²) in [5, 5.41) is 2.81. The van der Waals surface area contributed by atoms with Crippen molar-refractivity contribution in [2.75, 3.05) is 6.54 Å². The van der Waals surface area contributed by atoms with Crippen LogP contribution in [0.25, 0.3) is 0 Å². The van der Waals surface area contributed by atoms with Crippen molar-refractivity contribution in [3.63, 3.8) is 0 Å². The van der Waals surface area contributed by atoms with E-state index in [1.807, 2.05) is 23.1 Å². The quantitative estimate of drug-likeness (QED) is 0.926. The average Bonchev–Trinajstić information content (AvgIpc) is 2.54. The molecule has 1 saturated heterocycles. The van der Waals surface area contributed by atoms with E-state index in [0.717, 1.165) is 25.8 Å². The van der Waals surface area contributed by atoms with Gasteiger partial charge >= 0.3 is 0 Å². The van der Waals surface area contributed by atoms with Crippen LogP contribution in [0.15, 0.2) is 30.3 Å². The summed E-state index contributed by atoms with van der Waals surface area (Å²) in [7, 11) is 0. The lowest BCUT2D eigenvalue weighted by molar-refractivity contribution is -0.136. The second-order valence-corrected chi connectivity index (χ2v) is 5.65. The van der Waals surface area contributed by atoms with Crippen LogP contribution in [0, 0.1) is 0 Å². The summed E-state index contributed by atoms with van der Waals surface area (Å²) >= 11 is 0. The van der Waals surface area contributed by atoms with Gasteiger partial charge in [-0.1, -0.05) is 25.1 Å². The fourth-order valence-corrected chi connectivity index (χ4v) is 2.90. The molecule has 0 saturated carbocycles. The van der Waals surface area contributed by atoms with E-state index in [2.05, 4.69) is 12.2 Å². The normalized spacial score (nSPS) is 19.9. The first-order chi connectivity index (χ1) is 10.1. The van der Waals surface area contributed by atoms with Crippen molar-refractivity contribution in [3.8, 4) is 0 Å². The largest absolute Gasteiger partial charge is 0.341 e. The van der Waals surface area contributed by atoms with Gasteiger partial charge < -0.3 is 10.2 Å². The summed E-state index contributed by atoms with van der Waals surface area (Å²) in [6.45, 7) is 4.69. The minimum Gasteiger partial charge on any atom is -0.341 e. The van der Waals surface area contributed by atoms with E-state index in [4.69, 9.17) is 0 Å². The Labute approximate surface area is 126 Å². The van der Waals surface area contributed by atoms with Crippen molar-refractivity contribution in [2.24, 2.45) is 0 Å². The Morgan fingerprint density at radius 1 is 1.29 bits per heavy atom. The molecule has 0 aliphatic carbocycles. The van der Waals surface area contributed by atoms with Crippen LogP contribution in [0.3, 0.4) is 0 Å². The minimum atomic E-state index is -0.482. The number of nitrogens with one attached hydrogen (secondary N) is 1. The molecule has 0 aromatic heterocycles. The number of carbonyl (C=O) groups is 2. The summed E-state index contributed by atoms with van der Waals surface area (Å²) in [5.41, 5.74) is 0.586. The van der Waals surface area contributed by atoms with Gasteiger partial charge in [-0.3, -0.25) is 9.59 Å². The van der Waals surface area contributed by atoms with E-state index in [1.165, 1.54) is 6.42 Å². The molecule has 0 radical (unpaired) electrons. The van der Waals surface area contributed by atoms with Gasteiger partial charge in [-0.25, -0.2) is 0 Å². The first kappa shape index (κ1) is 15.5. The highest BCUT2D eigenvalue weighted by atomic mass is 16.2. The van der Waals surface area contributed by atoms with Crippen LogP contribution in [0.5, 0.6) is 0 Å². The number of hydrogen-bond donors (Lipinski definition) is 1. The Kier molecular flexibility index (Phi) is 5.37. The van der Waals surface area contributed by atoms with Crippen LogP contribution in [0.1, 0.15) is 49.9 Å². The maximum atomic E-state index is 12.5. The predicted molar refractivity (Wildman–Crippen MR) is 83.0 cm³/mol. The fourth-order valence-electron chi connectivity index (χ4n) is 2.90. The number of nitrogens with zero attached hydrogens (tertiary/aromatic N) is 1. The van der Waals surface area contributed by atoms with Crippen molar-refractivity contribution >= 4 is 11.8 Å². The zero-order valence-corrected chi connectivity index (χ0v) is 12.8. The summed E-state index contributed by atoms with van der Waals surface area (Å²) < 4.78 is 0. The third kappa shape index (κ3) is 3.84. The molecule has 21 heavy (non-hydrogen) atoms. The first-order valence-corrected chi connectivity index (χ1v) is 7.80. The van der Waals surface area contributed by atoms with E-state index in [9.17, 15) is 9.59 Å². The summed E-state index contributed by atoms with van der Waals surface area (Å²) in [6.07, 6.45) is 4.29. The highest BCUT2D eigenvalue weighted by Crippen LogP contribution is 2.20. The molecule has 1 aliphatic heterocycles. The maximum Gasteiger partial charge on any atom is 0.251 e. The van der Waals surface area contributed by atoms with Gasteiger partial charge in [0.15, 0.2) is 0 Å². The van der Waals surface area contributed by atoms with Crippen molar-refractivity contribution in [2.45, 2.75) is 51.6 Å². The van der Waals surface area contributed by atoms with E-state index < -0.39 is 6.04 Å². The van der Waals surface area contributed by atoms with E-state index in [1.54, 1.807) is 19.1 Å². The van der Waals surface area contributed by atoms with Crippen LogP contribution in [0.4, 0.5) is 0 Å². The van der Waals surface area contributed by atoms with Crippen molar-refractivity contribution in [1.29, 1.82) is 0 Å². The minimum absolute atomic E-state index is 0.0332. The molecule has 2 rings (SSSR count). The summed E-state index contributed by atoms with van der Waals surface area (Å²) in [6, 6.07) is 8.85. The van der Waals surface area contributed by atoms with E-state index >= 15 is 0 Å². The summed E-state index contributed by atoms with van der Waals surface area (Å²) in [5.74, 6) is -0.160. The van der Waals surface area contributed by atoms with Gasteiger partial charge in [0.1, 0.15) is 6.04 Å². The molecule has 2 atom stereocenters. The third-order valence-electron chi connectivity index (χ3n) is 4.14. The SMILES string of the molecule is CCC1CCCCN1C(=O)C(C)NC(=O)c1ccccc1. The van der Waals surface area contributed by atoms with Gasteiger partial charge in [-0.15, -0.1) is 0 Å². The molecule has 4 heteroatoms. The van der Waals surface area contributed by atoms with Crippen LogP contribution in [-0.2, 0) is 4.79 Å². The molecule has 0 spiro atoms. The molecule has 114 valence electrons. The van der Waals surface area contributed by atoms with Gasteiger partial charge in [-0.2, -0.15) is 0 Å². The number of amides is 2. The Balaban J connectivity index is 1.97. The second kappa shape index (κ2) is 7.25. The van der Waals surface area contributed by atoms with E-state index in [-0.39, 0.29) is 11.8 Å². The number of carbonyl (C=O) groups excluding carboxylic acids is 2. The van der Waals surface area contributed by atoms with Gasteiger partial charge in [-0.05, 0) is 44.7 Å². The molecule has 1 aromatic carbocycles. The lowest BCUT2D eigenvalue weighted by Gasteiger charge is -2.37. The number of rotatable bonds is 4. The average molecular weight is 288 g/mol. The zero-order valence-electron chi connectivity index (χ0n) is 12.8. The van der Waals surface area contributed by atoms with E-state index in [0.29, 0.717) is 11.6 Å². The third-order valence-corrected chi connectivity index (χ3v) is 4.14. The Morgan fingerprint density at radius 2 is 2.00 bits per heavy atom. The lowest BCUT2D eigenvalue weighted by Crippen LogP contribution is -2.52. The van der Waals surface area contributed by atoms with Crippen LogP contribution < -0.4 is 5.32 Å². The molecular formula is C17H24N2O2. The van der Waals surface area contributed by atoms with Gasteiger partial charge in [0.2, 0.25) is 5.91 Å². The maximum absolute atomic E-state index is 12.5. The predicted octanol–water partition coefficient (Wildman–Crippen LogP) is 2.60. The molecule has 1 N–H and O–H groups in total. The monoisotopic (exact) mass is 288 g/mol. The molecule has 1 fully saturated rings. The van der Waals surface area contributed by atoms with Crippen molar-refractivity contribution in [1.82, 2.24) is 10.2 Å². The first-order valence-electron chi connectivity index (χ1n) is 7.80. The molecule has 2 amide bonds. The molecule has 2 unspecified atom stereocenters. The number of likely N-dealkylation sites (tertiary alicyclic amines) is 1. The van der Waals surface area contributed by atoms with Crippen LogP contribution in [-0.4, -0.2) is 35.3 Å². The number of piperidine rings is 1. The van der Waals surface area contributed by atoms with Crippen LogP contribution >= 0.6 is 0 Å². The highest BCUT2D eigenvalue weighted by molar-refractivity contribution is 5.97. The van der Waals surface area contributed by atoms with Crippen LogP contribution in [0.2, 0.25) is 0 Å². The number of benzene rings is 1. The summed E-state index contributed by atoms with van der Waals surface area (Å²) in [4.78, 5) is 26.6. The van der Waals surface area contributed by atoms with Gasteiger partial charge in [0.25, 0.3) is 5.91 Å². The molecule has 1 heterocycles. The molecule has 4 nitrogen and oxygen atoms in total. The van der Waals surface area contributed by atoms with Gasteiger partial charge in [0.05, 0.1) is 0 Å². The Hall–Kier alpha value is -1.84. The highest BCUT2D eigenvalue weighted by Gasteiger charge is 2.29. The molecular weight excluding hydrogens is 264 g/mol. The smallest absolute Gasteiger partial charge is 0.251 e. The standard InChI is InChI=1S/C17H24N2O2/c1-3-15-11-7-8-12-19(15)17(21)13(2)18-16(20)14-9-5-4-6-10-14/h4-6,9-10,13,15H,3,7-8,11-12H2,1-2H3,(H,18,20).